The Kier molecular flexibility index (Phi) is 5.99. The van der Waals surface area contributed by atoms with Crippen molar-refractivity contribution < 1.29 is 14.6 Å². The normalized spacial score (nSPS) is 36.4. The van der Waals surface area contributed by atoms with Gasteiger partial charge < -0.3 is 9.84 Å². The van der Waals surface area contributed by atoms with Gasteiger partial charge in [0.15, 0.2) is 0 Å². The highest BCUT2D eigenvalue weighted by Gasteiger charge is 2.51. The van der Waals surface area contributed by atoms with E-state index in [0.717, 1.165) is 61.5 Å². The standard InChI is InChI=1S/C20H30O3/c1-14(2)17-8-5-15(3)18(22)11-12-20(4)19(23-20)10-7-16(13-21)6-9-17/h6,13,17-19,22H,1,3,5,7-12H2,2,4H3. The minimum Gasteiger partial charge on any atom is -0.389 e. The van der Waals surface area contributed by atoms with Crippen molar-refractivity contribution in [3.05, 3.63) is 36.0 Å². The minimum absolute atomic E-state index is 0.139. The molecule has 0 aromatic carbocycles. The number of epoxide rings is 1. The van der Waals surface area contributed by atoms with Crippen LogP contribution in [0.4, 0.5) is 0 Å². The van der Waals surface area contributed by atoms with Crippen LogP contribution in [0.2, 0.25) is 0 Å². The minimum atomic E-state index is -0.452. The maximum Gasteiger partial charge on any atom is 0.145 e. The Morgan fingerprint density at radius 1 is 1.39 bits per heavy atom. The molecule has 1 aliphatic heterocycles. The predicted molar refractivity (Wildman–Crippen MR) is 93.2 cm³/mol. The molecule has 0 aromatic rings. The summed E-state index contributed by atoms with van der Waals surface area (Å²) in [7, 11) is 0. The van der Waals surface area contributed by atoms with E-state index in [1.54, 1.807) is 0 Å². The summed E-state index contributed by atoms with van der Waals surface area (Å²) in [6, 6.07) is 0. The molecule has 0 aromatic heterocycles. The van der Waals surface area contributed by atoms with Gasteiger partial charge in [-0.1, -0.05) is 24.8 Å². The van der Waals surface area contributed by atoms with Crippen LogP contribution in [-0.4, -0.2) is 29.2 Å². The van der Waals surface area contributed by atoms with Gasteiger partial charge in [0.25, 0.3) is 0 Å². The van der Waals surface area contributed by atoms with Gasteiger partial charge in [-0.05, 0) is 75.9 Å². The molecule has 1 aliphatic carbocycles. The number of ether oxygens (including phenoxy) is 1. The average molecular weight is 318 g/mol. The number of allylic oxidation sites excluding steroid dienone is 3. The molecule has 3 heteroatoms. The second-order valence-corrected chi connectivity index (χ2v) is 7.39. The van der Waals surface area contributed by atoms with Gasteiger partial charge >= 0.3 is 0 Å². The fourth-order valence-corrected chi connectivity index (χ4v) is 3.39. The molecule has 0 amide bonds. The zero-order chi connectivity index (χ0) is 17.0. The van der Waals surface area contributed by atoms with Crippen LogP contribution in [0.3, 0.4) is 0 Å². The van der Waals surface area contributed by atoms with Crippen molar-refractivity contribution in [3.8, 4) is 0 Å². The van der Waals surface area contributed by atoms with Crippen LogP contribution in [-0.2, 0) is 9.53 Å². The largest absolute Gasteiger partial charge is 0.389 e. The highest BCUT2D eigenvalue weighted by atomic mass is 16.6. The Hall–Kier alpha value is -1.19. The van der Waals surface area contributed by atoms with Gasteiger partial charge in [0.2, 0.25) is 0 Å². The number of hydrogen-bond acceptors (Lipinski definition) is 3. The van der Waals surface area contributed by atoms with E-state index in [2.05, 4.69) is 26.2 Å². The predicted octanol–water partition coefficient (Wildman–Crippen LogP) is 4.12. The maximum absolute atomic E-state index is 11.3. The Morgan fingerprint density at radius 2 is 2.13 bits per heavy atom. The van der Waals surface area contributed by atoms with Gasteiger partial charge in [0, 0.05) is 0 Å². The molecule has 0 spiro atoms. The quantitative estimate of drug-likeness (QED) is 0.473. The first-order valence-electron chi connectivity index (χ1n) is 8.69. The van der Waals surface area contributed by atoms with Crippen molar-refractivity contribution in [2.24, 2.45) is 5.92 Å². The van der Waals surface area contributed by atoms with E-state index in [1.807, 2.05) is 6.92 Å². The summed E-state index contributed by atoms with van der Waals surface area (Å²) in [4.78, 5) is 11.3. The Balaban J connectivity index is 2.10. The van der Waals surface area contributed by atoms with Crippen molar-refractivity contribution in [2.45, 2.75) is 76.6 Å². The first-order chi connectivity index (χ1) is 10.9. The number of rotatable bonds is 2. The highest BCUT2D eigenvalue weighted by Crippen LogP contribution is 2.44. The molecule has 23 heavy (non-hydrogen) atoms. The number of aliphatic hydroxyl groups is 1. The average Bonchev–Trinajstić information content (AvgIpc) is 3.17. The van der Waals surface area contributed by atoms with Crippen LogP contribution in [0.5, 0.6) is 0 Å². The lowest BCUT2D eigenvalue weighted by Gasteiger charge is -2.20. The summed E-state index contributed by atoms with van der Waals surface area (Å²) in [5.41, 5.74) is 2.75. The zero-order valence-electron chi connectivity index (χ0n) is 14.5. The molecule has 4 atom stereocenters. The third kappa shape index (κ3) is 4.89. The number of fused-ring (bicyclic) bond motifs is 1. The third-order valence-electron chi connectivity index (χ3n) is 5.44. The van der Waals surface area contributed by atoms with E-state index in [1.165, 1.54) is 0 Å². The van der Waals surface area contributed by atoms with E-state index in [4.69, 9.17) is 4.74 Å². The molecule has 1 N–H and O–H groups in total. The Morgan fingerprint density at radius 3 is 2.78 bits per heavy atom. The lowest BCUT2D eigenvalue weighted by molar-refractivity contribution is -0.105. The molecule has 128 valence electrons. The van der Waals surface area contributed by atoms with E-state index < -0.39 is 6.10 Å². The fourth-order valence-electron chi connectivity index (χ4n) is 3.39. The molecule has 2 rings (SSSR count). The summed E-state index contributed by atoms with van der Waals surface area (Å²) in [6.07, 6.45) is 8.49. The topological polar surface area (TPSA) is 49.8 Å². The summed E-state index contributed by atoms with van der Waals surface area (Å²) in [5, 5.41) is 10.3. The Bertz CT molecular complexity index is 505. The van der Waals surface area contributed by atoms with Gasteiger partial charge in [-0.2, -0.15) is 0 Å². The number of hydrogen-bond donors (Lipinski definition) is 1. The number of carbonyl (C=O) groups excluding carboxylic acids is 1. The van der Waals surface area contributed by atoms with E-state index >= 15 is 0 Å². The molecule has 4 unspecified atom stereocenters. The van der Waals surface area contributed by atoms with Crippen LogP contribution in [0.25, 0.3) is 0 Å². The van der Waals surface area contributed by atoms with Crippen LogP contribution >= 0.6 is 0 Å². The summed E-state index contributed by atoms with van der Waals surface area (Å²) in [6.45, 7) is 12.3. The van der Waals surface area contributed by atoms with Crippen LogP contribution in [0.1, 0.15) is 58.8 Å². The SMILES string of the molecule is C=C1CCC(C(=C)C)CC=C(C=O)CCC2OC2(C)CCC1O. The second-order valence-electron chi connectivity index (χ2n) is 7.39. The second kappa shape index (κ2) is 7.59. The van der Waals surface area contributed by atoms with E-state index in [9.17, 15) is 9.90 Å². The van der Waals surface area contributed by atoms with E-state index in [-0.39, 0.29) is 11.7 Å². The zero-order valence-corrected chi connectivity index (χ0v) is 14.5. The summed E-state index contributed by atoms with van der Waals surface area (Å²) >= 11 is 0. The monoisotopic (exact) mass is 318 g/mol. The number of aldehydes is 1. The van der Waals surface area contributed by atoms with Crippen LogP contribution < -0.4 is 0 Å². The number of carbonyl (C=O) groups is 1. The van der Waals surface area contributed by atoms with Crippen molar-refractivity contribution in [3.63, 3.8) is 0 Å². The molecule has 0 saturated carbocycles. The highest BCUT2D eigenvalue weighted by molar-refractivity contribution is 5.73. The number of aliphatic hydroxyl groups excluding tert-OH is 1. The van der Waals surface area contributed by atoms with Gasteiger partial charge in [0.1, 0.15) is 6.29 Å². The first-order valence-corrected chi connectivity index (χ1v) is 8.69. The van der Waals surface area contributed by atoms with Gasteiger partial charge in [-0.3, -0.25) is 4.79 Å². The van der Waals surface area contributed by atoms with Crippen molar-refractivity contribution >= 4 is 6.29 Å². The van der Waals surface area contributed by atoms with Crippen molar-refractivity contribution in [1.82, 2.24) is 0 Å². The molecular weight excluding hydrogens is 288 g/mol. The van der Waals surface area contributed by atoms with Crippen molar-refractivity contribution in [2.75, 3.05) is 0 Å². The lowest BCUT2D eigenvalue weighted by Crippen LogP contribution is -2.18. The molecule has 2 aliphatic rings. The van der Waals surface area contributed by atoms with Gasteiger partial charge in [-0.25, -0.2) is 0 Å². The van der Waals surface area contributed by atoms with Gasteiger partial charge in [0.05, 0.1) is 17.8 Å². The third-order valence-corrected chi connectivity index (χ3v) is 5.44. The van der Waals surface area contributed by atoms with Crippen LogP contribution in [0.15, 0.2) is 36.0 Å². The first kappa shape index (κ1) is 18.2. The molecule has 3 nitrogen and oxygen atoms in total. The molecule has 0 radical (unpaired) electrons. The van der Waals surface area contributed by atoms with E-state index in [0.29, 0.717) is 12.3 Å². The molecular formula is C20H30O3. The molecule has 1 saturated heterocycles. The van der Waals surface area contributed by atoms with Gasteiger partial charge in [-0.15, -0.1) is 0 Å². The maximum atomic E-state index is 11.3. The van der Waals surface area contributed by atoms with Crippen LogP contribution in [0, 0.1) is 5.92 Å². The van der Waals surface area contributed by atoms with Crippen molar-refractivity contribution in [1.29, 1.82) is 0 Å². The molecule has 1 heterocycles. The summed E-state index contributed by atoms with van der Waals surface area (Å²) in [5.74, 6) is 0.333. The molecule has 0 bridgehead atoms. The Labute approximate surface area is 140 Å². The smallest absolute Gasteiger partial charge is 0.145 e. The molecule has 1 fully saturated rings. The lowest BCUT2D eigenvalue weighted by atomic mass is 9.87. The summed E-state index contributed by atoms with van der Waals surface area (Å²) < 4.78 is 5.82. The fraction of sp³-hybridized carbons (Fsp3) is 0.650.